The van der Waals surface area contributed by atoms with Crippen LogP contribution in [0, 0.1) is 21.7 Å². The molecule has 1 aromatic heterocycles. The number of nitro benzene ring substituents is 1. The lowest BCUT2D eigenvalue weighted by Crippen LogP contribution is -2.22. The highest BCUT2D eigenvalue weighted by Gasteiger charge is 2.19. The summed E-state index contributed by atoms with van der Waals surface area (Å²) in [5.41, 5.74) is -0.753. The van der Waals surface area contributed by atoms with Gasteiger partial charge in [-0.05, 0) is 69.0 Å². The largest absolute Gasteiger partial charge is 0.493 e. The van der Waals surface area contributed by atoms with Crippen LogP contribution in [0.5, 0.6) is 11.5 Å². The summed E-state index contributed by atoms with van der Waals surface area (Å²) in [5, 5.41) is 11.3. The molecule has 0 unspecified atom stereocenters. The maximum Gasteiger partial charge on any atom is 0.442 e. The van der Waals surface area contributed by atoms with Crippen LogP contribution in [0.25, 0.3) is 11.3 Å². The average Bonchev–Trinajstić information content (AvgIpc) is 2.85. The molecule has 1 heterocycles. The number of hydrogen-bond acceptors (Lipinski definition) is 9. The quantitative estimate of drug-likeness (QED) is 0.0976. The van der Waals surface area contributed by atoms with Gasteiger partial charge in [-0.2, -0.15) is 0 Å². The van der Waals surface area contributed by atoms with Crippen molar-refractivity contribution in [2.45, 2.75) is 45.0 Å². The molecule has 0 saturated heterocycles. The minimum atomic E-state index is -3.12. The zero-order valence-corrected chi connectivity index (χ0v) is 24.8. The molecule has 11 nitrogen and oxygen atoms in total. The summed E-state index contributed by atoms with van der Waals surface area (Å²) in [6.45, 7) is 5.18. The first-order chi connectivity index (χ1) is 19.6. The van der Waals surface area contributed by atoms with Crippen LogP contribution in [0.2, 0.25) is 5.28 Å². The van der Waals surface area contributed by atoms with Crippen LogP contribution < -0.4 is 9.47 Å². The van der Waals surface area contributed by atoms with Crippen molar-refractivity contribution in [2.24, 2.45) is 4.36 Å². The maximum atomic E-state index is 14.3. The lowest BCUT2D eigenvalue weighted by molar-refractivity contribution is -0.385. The normalized spacial score (nSPS) is 12.7. The zero-order chi connectivity index (χ0) is 31.1. The van der Waals surface area contributed by atoms with Gasteiger partial charge in [-0.3, -0.25) is 10.1 Å². The predicted molar refractivity (Wildman–Crippen MR) is 152 cm³/mol. The van der Waals surface area contributed by atoms with Crippen LogP contribution >= 0.6 is 11.6 Å². The van der Waals surface area contributed by atoms with Gasteiger partial charge in [-0.1, -0.05) is 0 Å². The Morgan fingerprint density at radius 3 is 2.48 bits per heavy atom. The molecular weight excluding hydrogens is 598 g/mol. The number of carbonyl (C=O) groups excluding carboxylic acids is 1. The topological polar surface area (TPSA) is 143 Å². The SMILES string of the molecule is CC(C)(C)OC(=O)N=[S@@](C)(=O)Cc1cc(OCCCCOc2cc(F)ccc2-c2nc(Cl)ncc2F)cc([N+](=O)[O-])c1. The Hall–Kier alpha value is -3.91. The molecule has 15 heteroatoms. The Morgan fingerprint density at radius 2 is 1.81 bits per heavy atom. The van der Waals surface area contributed by atoms with Gasteiger partial charge in [0.2, 0.25) is 5.28 Å². The molecule has 226 valence electrons. The van der Waals surface area contributed by atoms with Gasteiger partial charge in [-0.25, -0.2) is 27.8 Å². The van der Waals surface area contributed by atoms with E-state index in [1.807, 2.05) is 0 Å². The summed E-state index contributed by atoms with van der Waals surface area (Å²) in [6, 6.07) is 7.51. The van der Waals surface area contributed by atoms with Crippen LogP contribution in [-0.4, -0.2) is 50.3 Å². The molecular formula is C27H29ClF2N4O7S. The summed E-state index contributed by atoms with van der Waals surface area (Å²) in [4.78, 5) is 30.3. The minimum absolute atomic E-state index is 0.0628. The Labute approximate surface area is 246 Å². The van der Waals surface area contributed by atoms with Gasteiger partial charge in [0.05, 0.1) is 45.9 Å². The molecule has 2 aromatic carbocycles. The summed E-state index contributed by atoms with van der Waals surface area (Å²) >= 11 is 5.78. The molecule has 1 atom stereocenters. The summed E-state index contributed by atoms with van der Waals surface area (Å²) in [6.07, 6.45) is 2.05. The van der Waals surface area contributed by atoms with Crippen LogP contribution in [0.15, 0.2) is 47.0 Å². The van der Waals surface area contributed by atoms with Crippen molar-refractivity contribution in [3.63, 3.8) is 0 Å². The van der Waals surface area contributed by atoms with Crippen molar-refractivity contribution in [3.05, 3.63) is 75.2 Å². The van der Waals surface area contributed by atoms with Gasteiger partial charge in [0, 0.05) is 24.0 Å². The van der Waals surface area contributed by atoms with E-state index in [2.05, 4.69) is 14.3 Å². The second kappa shape index (κ2) is 13.8. The molecule has 0 N–H and O–H groups in total. The fraction of sp³-hybridized carbons (Fsp3) is 0.370. The molecule has 0 fully saturated rings. The van der Waals surface area contributed by atoms with Gasteiger partial charge < -0.3 is 14.2 Å². The second-order valence-corrected chi connectivity index (χ2v) is 12.9. The standard InChI is InChI=1S/C27H29ClF2N4O7S/c1-27(2,3)41-26(35)33-42(4,38)16-17-11-19(34(36)37)14-20(12-17)39-9-5-6-10-40-23-13-18(29)7-8-21(23)24-22(30)15-31-25(28)32-24/h7-8,11-15H,5-6,9-10,16H2,1-4H3/t42-/m0/s1. The van der Waals surface area contributed by atoms with E-state index in [4.69, 9.17) is 25.8 Å². The molecule has 0 spiro atoms. The lowest BCUT2D eigenvalue weighted by Gasteiger charge is -2.17. The van der Waals surface area contributed by atoms with Crippen molar-refractivity contribution in [1.82, 2.24) is 9.97 Å². The van der Waals surface area contributed by atoms with Crippen molar-refractivity contribution in [3.8, 4) is 22.8 Å². The van der Waals surface area contributed by atoms with Crippen molar-refractivity contribution in [2.75, 3.05) is 19.5 Å². The van der Waals surface area contributed by atoms with Gasteiger partial charge in [0.25, 0.3) is 5.69 Å². The number of halogens is 3. The predicted octanol–water partition coefficient (Wildman–Crippen LogP) is 6.75. The van der Waals surface area contributed by atoms with E-state index >= 15 is 0 Å². The number of benzene rings is 2. The summed E-state index contributed by atoms with van der Waals surface area (Å²) in [5.74, 6) is -1.36. The smallest absolute Gasteiger partial charge is 0.442 e. The molecule has 0 aliphatic rings. The van der Waals surface area contributed by atoms with E-state index in [0.29, 0.717) is 12.8 Å². The summed E-state index contributed by atoms with van der Waals surface area (Å²) < 4.78 is 61.1. The second-order valence-electron chi connectivity index (χ2n) is 10.1. The fourth-order valence-corrected chi connectivity index (χ4v) is 4.95. The third-order valence-corrected chi connectivity index (χ3v) is 6.82. The highest BCUT2D eigenvalue weighted by Crippen LogP contribution is 2.32. The first kappa shape index (κ1) is 32.6. The lowest BCUT2D eigenvalue weighted by atomic mass is 10.1. The Morgan fingerprint density at radius 1 is 1.12 bits per heavy atom. The fourth-order valence-electron chi connectivity index (χ4n) is 3.62. The van der Waals surface area contributed by atoms with Crippen molar-refractivity contribution in [1.29, 1.82) is 0 Å². The number of non-ortho nitro benzene ring substituents is 1. The van der Waals surface area contributed by atoms with Gasteiger partial charge in [0.15, 0.2) is 5.82 Å². The first-order valence-corrected chi connectivity index (χ1v) is 15.0. The third-order valence-electron chi connectivity index (χ3n) is 5.24. The third kappa shape index (κ3) is 10.2. The average molecular weight is 627 g/mol. The maximum absolute atomic E-state index is 14.3. The number of nitrogens with zero attached hydrogens (tertiary/aromatic N) is 4. The van der Waals surface area contributed by atoms with Crippen LogP contribution in [0.1, 0.15) is 39.2 Å². The van der Waals surface area contributed by atoms with E-state index in [1.165, 1.54) is 30.5 Å². The van der Waals surface area contributed by atoms with E-state index in [-0.39, 0.29) is 58.3 Å². The monoisotopic (exact) mass is 626 g/mol. The molecule has 0 aliphatic heterocycles. The number of ether oxygens (including phenoxy) is 3. The minimum Gasteiger partial charge on any atom is -0.493 e. The van der Waals surface area contributed by atoms with Gasteiger partial charge in [-0.15, -0.1) is 4.36 Å². The van der Waals surface area contributed by atoms with E-state index in [0.717, 1.165) is 18.3 Å². The molecule has 0 aliphatic carbocycles. The molecule has 1 amide bonds. The van der Waals surface area contributed by atoms with Crippen molar-refractivity contribution < 1.29 is 36.9 Å². The molecule has 0 saturated carbocycles. The van der Waals surface area contributed by atoms with E-state index in [1.54, 1.807) is 20.8 Å². The number of nitro groups is 1. The Kier molecular flexibility index (Phi) is 10.7. The molecule has 42 heavy (non-hydrogen) atoms. The highest BCUT2D eigenvalue weighted by molar-refractivity contribution is 7.92. The van der Waals surface area contributed by atoms with Crippen LogP contribution in [-0.2, 0) is 20.2 Å². The first-order valence-electron chi connectivity index (χ1n) is 12.6. The molecule has 0 radical (unpaired) electrons. The number of carbonyl (C=O) groups is 1. The van der Waals surface area contributed by atoms with Crippen LogP contribution in [0.4, 0.5) is 19.3 Å². The number of amides is 1. The Bertz CT molecular complexity index is 1590. The van der Waals surface area contributed by atoms with E-state index < -0.39 is 38.0 Å². The van der Waals surface area contributed by atoms with Gasteiger partial charge in [0.1, 0.15) is 28.6 Å². The highest BCUT2D eigenvalue weighted by atomic mass is 35.5. The number of rotatable bonds is 11. The molecule has 3 aromatic rings. The number of hydrogen-bond donors (Lipinski definition) is 0. The zero-order valence-electron chi connectivity index (χ0n) is 23.3. The summed E-state index contributed by atoms with van der Waals surface area (Å²) in [7, 11) is -3.12. The molecule has 3 rings (SSSR count). The molecule has 0 bridgehead atoms. The van der Waals surface area contributed by atoms with E-state index in [9.17, 15) is 27.9 Å². The number of aromatic nitrogens is 2. The Balaban J connectivity index is 1.62. The number of unbranched alkanes of at least 4 members (excludes halogenated alkanes) is 1. The van der Waals surface area contributed by atoms with Crippen LogP contribution in [0.3, 0.4) is 0 Å². The van der Waals surface area contributed by atoms with Gasteiger partial charge >= 0.3 is 6.09 Å². The van der Waals surface area contributed by atoms with Crippen molar-refractivity contribution >= 4 is 33.1 Å².